The summed E-state index contributed by atoms with van der Waals surface area (Å²) in [5.74, 6) is 0.121. The van der Waals surface area contributed by atoms with E-state index in [4.69, 9.17) is 4.42 Å². The Bertz CT molecular complexity index is 865. The fourth-order valence-corrected chi connectivity index (χ4v) is 2.85. The zero-order valence-corrected chi connectivity index (χ0v) is 13.3. The third-order valence-corrected chi connectivity index (χ3v) is 4.22. The Balaban J connectivity index is 1.58. The van der Waals surface area contributed by atoms with Crippen LogP contribution in [0.4, 0.5) is 4.39 Å². The van der Waals surface area contributed by atoms with E-state index < -0.39 is 0 Å². The first-order valence-electron chi connectivity index (χ1n) is 7.12. The van der Waals surface area contributed by atoms with Crippen LogP contribution in [0.5, 0.6) is 0 Å². The first kappa shape index (κ1) is 15.9. The van der Waals surface area contributed by atoms with Crippen molar-refractivity contribution < 1.29 is 13.6 Å². The van der Waals surface area contributed by atoms with Gasteiger partial charge in [-0.15, -0.1) is 11.3 Å². The van der Waals surface area contributed by atoms with Crippen LogP contribution in [0.1, 0.15) is 15.4 Å². The lowest BCUT2D eigenvalue weighted by molar-refractivity contribution is 0.0959. The number of hydrogen-bond acceptors (Lipinski definition) is 4. The molecule has 120 valence electrons. The molecule has 0 spiro atoms. The van der Waals surface area contributed by atoms with E-state index in [9.17, 15) is 9.18 Å². The summed E-state index contributed by atoms with van der Waals surface area (Å²) in [6.07, 6.45) is 6.44. The normalized spacial score (nSPS) is 11.4. The summed E-state index contributed by atoms with van der Waals surface area (Å²) in [7, 11) is 0. The average molecular weight is 340 g/mol. The van der Waals surface area contributed by atoms with Gasteiger partial charge in [0.2, 0.25) is 0 Å². The van der Waals surface area contributed by atoms with Crippen molar-refractivity contribution in [3.63, 3.8) is 0 Å². The highest BCUT2D eigenvalue weighted by molar-refractivity contribution is 7.17. The number of allylic oxidation sites excluding steroid dienone is 1. The highest BCUT2D eigenvalue weighted by atomic mass is 32.1. The van der Waals surface area contributed by atoms with Gasteiger partial charge in [0, 0.05) is 11.1 Å². The smallest absolute Gasteiger partial charge is 0.281 e. The lowest BCUT2D eigenvalue weighted by Crippen LogP contribution is -2.15. The van der Waals surface area contributed by atoms with Crippen LogP contribution >= 0.6 is 11.3 Å². The molecule has 2 heterocycles. The number of hydrogen-bond donors (Lipinski definition) is 1. The summed E-state index contributed by atoms with van der Waals surface area (Å²) in [4.78, 5) is 13.4. The van der Waals surface area contributed by atoms with Gasteiger partial charge in [-0.3, -0.25) is 4.79 Å². The van der Waals surface area contributed by atoms with Crippen molar-refractivity contribution in [2.45, 2.75) is 0 Å². The standard InChI is InChI=1S/C18H13FN2O2S/c19-14-7-5-13(6-8-14)16-9-10-17(24-16)18(22)21-20-11-1-3-15-4-2-12-23-15/h1-12H,(H,21,22)/b3-1+,20-11+. The second kappa shape index (κ2) is 7.52. The molecule has 0 saturated heterocycles. The zero-order valence-electron chi connectivity index (χ0n) is 12.5. The molecule has 3 rings (SSSR count). The maximum Gasteiger partial charge on any atom is 0.281 e. The molecule has 6 heteroatoms. The molecular weight excluding hydrogens is 327 g/mol. The lowest BCUT2D eigenvalue weighted by Gasteiger charge is -1.97. The molecular formula is C18H13FN2O2S. The van der Waals surface area contributed by atoms with E-state index in [-0.39, 0.29) is 11.7 Å². The van der Waals surface area contributed by atoms with E-state index in [1.54, 1.807) is 42.7 Å². The second-order valence-electron chi connectivity index (χ2n) is 4.76. The Hall–Kier alpha value is -2.99. The van der Waals surface area contributed by atoms with Gasteiger partial charge in [0.1, 0.15) is 11.6 Å². The van der Waals surface area contributed by atoms with Gasteiger partial charge >= 0.3 is 0 Å². The largest absolute Gasteiger partial charge is 0.465 e. The highest BCUT2D eigenvalue weighted by Crippen LogP contribution is 2.28. The third-order valence-electron chi connectivity index (χ3n) is 3.09. The van der Waals surface area contributed by atoms with Crippen molar-refractivity contribution in [1.29, 1.82) is 0 Å². The number of furan rings is 1. The van der Waals surface area contributed by atoms with Crippen LogP contribution in [0.15, 0.2) is 70.4 Å². The third kappa shape index (κ3) is 4.05. The summed E-state index contributed by atoms with van der Waals surface area (Å²) in [5.41, 5.74) is 3.32. The molecule has 0 aliphatic carbocycles. The number of carbonyl (C=O) groups is 1. The van der Waals surface area contributed by atoms with E-state index in [1.807, 2.05) is 12.1 Å². The Morgan fingerprint density at radius 1 is 1.17 bits per heavy atom. The molecule has 3 aromatic rings. The Morgan fingerprint density at radius 3 is 2.75 bits per heavy atom. The molecule has 1 N–H and O–H groups in total. The Kier molecular flexibility index (Phi) is 4.98. The molecule has 0 bridgehead atoms. The van der Waals surface area contributed by atoms with Crippen molar-refractivity contribution >= 4 is 29.5 Å². The van der Waals surface area contributed by atoms with Crippen LogP contribution in [0.25, 0.3) is 16.5 Å². The minimum Gasteiger partial charge on any atom is -0.465 e. The number of carbonyl (C=O) groups excluding carboxylic acids is 1. The molecule has 4 nitrogen and oxygen atoms in total. The number of benzene rings is 1. The summed E-state index contributed by atoms with van der Waals surface area (Å²) in [5, 5.41) is 3.84. The number of amides is 1. The van der Waals surface area contributed by atoms with Gasteiger partial charge < -0.3 is 4.42 Å². The van der Waals surface area contributed by atoms with Gasteiger partial charge in [0.15, 0.2) is 0 Å². The van der Waals surface area contributed by atoms with Gasteiger partial charge in [-0.2, -0.15) is 5.10 Å². The van der Waals surface area contributed by atoms with E-state index in [0.29, 0.717) is 10.6 Å². The van der Waals surface area contributed by atoms with E-state index >= 15 is 0 Å². The minimum absolute atomic E-state index is 0.287. The summed E-state index contributed by atoms with van der Waals surface area (Å²) in [6.45, 7) is 0. The molecule has 24 heavy (non-hydrogen) atoms. The van der Waals surface area contributed by atoms with Crippen LogP contribution in [0, 0.1) is 5.82 Å². The first-order valence-corrected chi connectivity index (χ1v) is 7.93. The minimum atomic E-state index is -0.295. The molecule has 2 aromatic heterocycles. The Labute approximate surface area is 141 Å². The van der Waals surface area contributed by atoms with Crippen molar-refractivity contribution in [3.05, 3.63) is 77.3 Å². The summed E-state index contributed by atoms with van der Waals surface area (Å²) >= 11 is 1.32. The predicted octanol–water partition coefficient (Wildman–Crippen LogP) is 4.58. The second-order valence-corrected chi connectivity index (χ2v) is 5.85. The molecule has 0 radical (unpaired) electrons. The van der Waals surface area contributed by atoms with Crippen molar-refractivity contribution in [1.82, 2.24) is 5.43 Å². The van der Waals surface area contributed by atoms with Crippen LogP contribution < -0.4 is 5.43 Å². The van der Waals surface area contributed by atoms with Crippen molar-refractivity contribution in [3.8, 4) is 10.4 Å². The molecule has 0 atom stereocenters. The lowest BCUT2D eigenvalue weighted by atomic mass is 10.2. The first-order chi connectivity index (χ1) is 11.7. The molecule has 0 saturated carbocycles. The van der Waals surface area contributed by atoms with Gasteiger partial charge in [0.05, 0.1) is 11.1 Å². The van der Waals surface area contributed by atoms with Crippen LogP contribution in [-0.4, -0.2) is 12.1 Å². The SMILES string of the molecule is O=C(N/N=C/C=C/c1ccco1)c1ccc(-c2ccc(F)cc2)s1. The Morgan fingerprint density at radius 2 is 2.00 bits per heavy atom. The monoisotopic (exact) mass is 340 g/mol. The molecule has 0 aliphatic rings. The number of hydrazone groups is 1. The molecule has 0 unspecified atom stereocenters. The van der Waals surface area contributed by atoms with Crippen LogP contribution in [0.3, 0.4) is 0 Å². The van der Waals surface area contributed by atoms with Crippen LogP contribution in [0.2, 0.25) is 0 Å². The fourth-order valence-electron chi connectivity index (χ4n) is 1.95. The molecule has 1 aromatic carbocycles. The van der Waals surface area contributed by atoms with Crippen LogP contribution in [-0.2, 0) is 0 Å². The van der Waals surface area contributed by atoms with Crippen molar-refractivity contribution in [2.75, 3.05) is 0 Å². The van der Waals surface area contributed by atoms with Gasteiger partial charge in [-0.1, -0.05) is 12.1 Å². The fraction of sp³-hybridized carbons (Fsp3) is 0. The number of nitrogens with zero attached hydrogens (tertiary/aromatic N) is 1. The number of nitrogens with one attached hydrogen (secondary N) is 1. The predicted molar refractivity (Wildman–Crippen MR) is 93.4 cm³/mol. The number of rotatable bonds is 5. The van der Waals surface area contributed by atoms with E-state index in [0.717, 1.165) is 10.4 Å². The molecule has 0 fully saturated rings. The average Bonchev–Trinajstić information content (AvgIpc) is 3.27. The van der Waals surface area contributed by atoms with Gasteiger partial charge in [-0.05, 0) is 54.1 Å². The number of thiophene rings is 1. The van der Waals surface area contributed by atoms with E-state index in [2.05, 4.69) is 10.5 Å². The summed E-state index contributed by atoms with van der Waals surface area (Å²) in [6, 6.07) is 13.3. The van der Waals surface area contributed by atoms with Gasteiger partial charge in [0.25, 0.3) is 5.91 Å². The zero-order chi connectivity index (χ0) is 16.8. The highest BCUT2D eigenvalue weighted by Gasteiger charge is 2.09. The topological polar surface area (TPSA) is 54.6 Å². The molecule has 0 aliphatic heterocycles. The van der Waals surface area contributed by atoms with Gasteiger partial charge in [-0.25, -0.2) is 9.82 Å². The maximum absolute atomic E-state index is 12.9. The van der Waals surface area contributed by atoms with E-state index in [1.165, 1.54) is 29.7 Å². The molecule has 1 amide bonds. The number of halogens is 1. The van der Waals surface area contributed by atoms with Crippen molar-refractivity contribution in [2.24, 2.45) is 5.10 Å². The maximum atomic E-state index is 12.9. The quantitative estimate of drug-likeness (QED) is 0.546. The summed E-state index contributed by atoms with van der Waals surface area (Å²) < 4.78 is 18.1.